The van der Waals surface area contributed by atoms with Crippen LogP contribution in [0.5, 0.6) is 5.88 Å². The maximum atomic E-state index is 12.1. The molecule has 10 heteroatoms. The van der Waals surface area contributed by atoms with E-state index in [-0.39, 0.29) is 6.04 Å². The molecular formula is C23H26N8O2. The van der Waals surface area contributed by atoms with E-state index in [0.29, 0.717) is 30.2 Å². The zero-order valence-electron chi connectivity index (χ0n) is 18.5. The summed E-state index contributed by atoms with van der Waals surface area (Å²) in [6, 6.07) is 4.62. The molecule has 33 heavy (non-hydrogen) atoms. The third-order valence-electron chi connectivity index (χ3n) is 6.86. The number of hydrogen-bond acceptors (Lipinski definition) is 7. The van der Waals surface area contributed by atoms with E-state index in [2.05, 4.69) is 30.3 Å². The molecule has 1 saturated carbocycles. The molecule has 0 unspecified atom stereocenters. The Morgan fingerprint density at radius 3 is 2.88 bits per heavy atom. The number of methoxy groups -OCH3 is 1. The molecule has 2 fully saturated rings. The number of anilines is 1. The molecule has 2 N–H and O–H groups in total. The van der Waals surface area contributed by atoms with Gasteiger partial charge in [-0.1, -0.05) is 0 Å². The van der Waals surface area contributed by atoms with Crippen molar-refractivity contribution in [1.82, 2.24) is 34.4 Å². The molecule has 10 nitrogen and oxygen atoms in total. The molecule has 0 bridgehead atoms. The fourth-order valence-corrected chi connectivity index (χ4v) is 5.19. The number of fused-ring (bicyclic) bond motifs is 2. The van der Waals surface area contributed by atoms with Gasteiger partial charge in [0.15, 0.2) is 5.65 Å². The van der Waals surface area contributed by atoms with Crippen molar-refractivity contribution >= 4 is 28.5 Å². The van der Waals surface area contributed by atoms with E-state index in [1.807, 2.05) is 24.5 Å². The Balaban J connectivity index is 1.23. The van der Waals surface area contributed by atoms with Crippen LogP contribution >= 0.6 is 0 Å². The van der Waals surface area contributed by atoms with Gasteiger partial charge in [0.1, 0.15) is 12.0 Å². The van der Waals surface area contributed by atoms with Gasteiger partial charge < -0.3 is 19.9 Å². The van der Waals surface area contributed by atoms with E-state index < -0.39 is 0 Å². The Kier molecular flexibility index (Phi) is 4.85. The number of pyridine rings is 1. The number of nitrogens with one attached hydrogen (secondary N) is 2. The van der Waals surface area contributed by atoms with Crippen molar-refractivity contribution in [3.8, 4) is 17.0 Å². The van der Waals surface area contributed by atoms with Crippen molar-refractivity contribution in [2.75, 3.05) is 19.0 Å². The highest BCUT2D eigenvalue weighted by Crippen LogP contribution is 2.35. The normalized spacial score (nSPS) is 21.2. The van der Waals surface area contributed by atoms with Crippen LogP contribution in [0.3, 0.4) is 0 Å². The number of H-pyrrole nitrogens is 1. The van der Waals surface area contributed by atoms with Gasteiger partial charge in [-0.05, 0) is 49.8 Å². The number of hydrogen-bond donors (Lipinski definition) is 2. The van der Waals surface area contributed by atoms with Crippen LogP contribution < -0.4 is 10.1 Å². The van der Waals surface area contributed by atoms with Crippen molar-refractivity contribution in [1.29, 1.82) is 0 Å². The first-order valence-electron chi connectivity index (χ1n) is 11.5. The molecular weight excluding hydrogens is 420 g/mol. The molecule has 5 heterocycles. The van der Waals surface area contributed by atoms with Gasteiger partial charge in [-0.25, -0.2) is 9.50 Å². The fourth-order valence-electron chi connectivity index (χ4n) is 5.19. The zero-order chi connectivity index (χ0) is 22.4. The van der Waals surface area contributed by atoms with Crippen molar-refractivity contribution in [2.45, 2.75) is 50.6 Å². The first-order valence-corrected chi connectivity index (χ1v) is 11.5. The van der Waals surface area contributed by atoms with Crippen LogP contribution in [0.15, 0.2) is 30.9 Å². The topological polar surface area (TPSA) is 113 Å². The minimum atomic E-state index is 0.283. The average molecular weight is 447 g/mol. The Labute approximate surface area is 190 Å². The van der Waals surface area contributed by atoms with E-state index >= 15 is 0 Å². The zero-order valence-corrected chi connectivity index (χ0v) is 18.5. The van der Waals surface area contributed by atoms with Gasteiger partial charge in [-0.2, -0.15) is 15.1 Å². The Morgan fingerprint density at radius 1 is 1.21 bits per heavy atom. The fraction of sp³-hybridized carbons (Fsp3) is 0.435. The molecule has 1 amide bonds. The quantitative estimate of drug-likeness (QED) is 0.484. The van der Waals surface area contributed by atoms with Crippen LogP contribution in [0, 0.1) is 0 Å². The van der Waals surface area contributed by atoms with Crippen molar-refractivity contribution in [3.63, 3.8) is 0 Å². The van der Waals surface area contributed by atoms with Gasteiger partial charge in [-0.3, -0.25) is 4.79 Å². The lowest BCUT2D eigenvalue weighted by Gasteiger charge is -2.34. The molecule has 4 aromatic heterocycles. The second-order valence-electron chi connectivity index (χ2n) is 8.80. The summed E-state index contributed by atoms with van der Waals surface area (Å²) in [5.41, 5.74) is 3.43. The Hall–Kier alpha value is -3.69. The number of aromatic nitrogens is 6. The molecule has 1 aliphatic heterocycles. The molecule has 170 valence electrons. The van der Waals surface area contributed by atoms with Crippen LogP contribution in [0.1, 0.15) is 38.5 Å². The first-order chi connectivity index (χ1) is 16.2. The number of ether oxygens (including phenoxy) is 1. The number of aromatic amines is 1. The van der Waals surface area contributed by atoms with Crippen LogP contribution in [0.25, 0.3) is 27.8 Å². The summed E-state index contributed by atoms with van der Waals surface area (Å²) in [6.07, 6.45) is 11.1. The summed E-state index contributed by atoms with van der Waals surface area (Å²) < 4.78 is 7.38. The van der Waals surface area contributed by atoms with Gasteiger partial charge in [-0.15, -0.1) is 0 Å². The lowest BCUT2D eigenvalue weighted by Crippen LogP contribution is -2.41. The number of carbonyl (C=O) groups excluding carboxylic acids is 1. The second-order valence-corrected chi connectivity index (χ2v) is 8.80. The third kappa shape index (κ3) is 3.55. The van der Waals surface area contributed by atoms with Gasteiger partial charge in [0.25, 0.3) is 0 Å². The summed E-state index contributed by atoms with van der Waals surface area (Å²) >= 11 is 0. The summed E-state index contributed by atoms with van der Waals surface area (Å²) in [4.78, 5) is 31.1. The second kappa shape index (κ2) is 8.02. The standard InChI is InChI=1S/C23H26N8O2/c1-33-22-20-17(14-8-10-31-18(11-14)25-13-26-31)12-24-21(20)28-23(29-22)27-15-4-6-16(7-5-15)30-9-2-3-19(30)32/h8,10-13,15-16H,2-7,9H2,1H3,(H2,24,27,28,29). The number of amides is 1. The molecule has 2 aliphatic rings. The lowest BCUT2D eigenvalue weighted by atomic mass is 9.90. The van der Waals surface area contributed by atoms with Crippen molar-refractivity contribution in [3.05, 3.63) is 30.9 Å². The molecule has 1 saturated heterocycles. The van der Waals surface area contributed by atoms with E-state index in [9.17, 15) is 4.79 Å². The predicted octanol–water partition coefficient (Wildman–Crippen LogP) is 3.02. The smallest absolute Gasteiger partial charge is 0.228 e. The van der Waals surface area contributed by atoms with Crippen molar-refractivity contribution < 1.29 is 9.53 Å². The van der Waals surface area contributed by atoms with Crippen LogP contribution in [0.4, 0.5) is 5.95 Å². The number of carbonyl (C=O) groups is 1. The molecule has 0 aromatic carbocycles. The van der Waals surface area contributed by atoms with E-state index in [0.717, 1.165) is 66.5 Å². The molecule has 6 rings (SSSR count). The van der Waals surface area contributed by atoms with Gasteiger partial charge in [0, 0.05) is 43.0 Å². The van der Waals surface area contributed by atoms with Crippen LogP contribution in [0.2, 0.25) is 0 Å². The van der Waals surface area contributed by atoms with Crippen LogP contribution in [-0.2, 0) is 4.79 Å². The minimum Gasteiger partial charge on any atom is -0.480 e. The van der Waals surface area contributed by atoms with Gasteiger partial charge in [0.05, 0.1) is 12.5 Å². The molecule has 0 radical (unpaired) electrons. The summed E-state index contributed by atoms with van der Waals surface area (Å²) in [5, 5.41) is 8.48. The number of nitrogens with zero attached hydrogens (tertiary/aromatic N) is 6. The molecule has 0 atom stereocenters. The van der Waals surface area contributed by atoms with Gasteiger partial charge in [0.2, 0.25) is 17.7 Å². The third-order valence-corrected chi connectivity index (χ3v) is 6.86. The molecule has 1 aliphatic carbocycles. The highest BCUT2D eigenvalue weighted by Gasteiger charge is 2.31. The summed E-state index contributed by atoms with van der Waals surface area (Å²) in [7, 11) is 1.63. The van der Waals surface area contributed by atoms with Crippen LogP contribution in [-0.4, -0.2) is 66.1 Å². The highest BCUT2D eigenvalue weighted by atomic mass is 16.5. The minimum absolute atomic E-state index is 0.283. The maximum Gasteiger partial charge on any atom is 0.228 e. The van der Waals surface area contributed by atoms with E-state index in [1.54, 1.807) is 11.6 Å². The van der Waals surface area contributed by atoms with E-state index in [1.165, 1.54) is 6.33 Å². The maximum absolute atomic E-state index is 12.1. The first kappa shape index (κ1) is 20.0. The average Bonchev–Trinajstić information content (AvgIpc) is 3.58. The van der Waals surface area contributed by atoms with E-state index in [4.69, 9.17) is 9.72 Å². The summed E-state index contributed by atoms with van der Waals surface area (Å²) in [5.74, 6) is 1.40. The predicted molar refractivity (Wildman–Crippen MR) is 123 cm³/mol. The largest absolute Gasteiger partial charge is 0.480 e. The monoisotopic (exact) mass is 446 g/mol. The Morgan fingerprint density at radius 2 is 2.09 bits per heavy atom. The van der Waals surface area contributed by atoms with Crippen molar-refractivity contribution in [2.24, 2.45) is 0 Å². The number of likely N-dealkylation sites (tertiary alicyclic amines) is 1. The number of rotatable bonds is 5. The SMILES string of the molecule is COc1nc(NC2CCC(N3CCCC3=O)CC2)nc2[nH]cc(-c3ccn4ncnc4c3)c12. The Bertz CT molecular complexity index is 1320. The lowest BCUT2D eigenvalue weighted by molar-refractivity contribution is -0.130. The molecule has 4 aromatic rings. The molecule has 0 spiro atoms. The highest BCUT2D eigenvalue weighted by molar-refractivity contribution is 5.98. The summed E-state index contributed by atoms with van der Waals surface area (Å²) in [6.45, 7) is 0.914. The van der Waals surface area contributed by atoms with Gasteiger partial charge >= 0.3 is 0 Å².